The smallest absolute Gasteiger partial charge is 0.141 e. The van der Waals surface area contributed by atoms with Crippen LogP contribution in [0.4, 0.5) is 39.8 Å². The molecular formula is C30H41N5O2. The fourth-order valence-electron chi connectivity index (χ4n) is 4.56. The van der Waals surface area contributed by atoms with Crippen molar-refractivity contribution >= 4 is 46.1 Å². The van der Waals surface area contributed by atoms with Crippen LogP contribution < -0.4 is 25.8 Å². The van der Waals surface area contributed by atoms with Gasteiger partial charge in [0.1, 0.15) is 12.0 Å². The lowest BCUT2D eigenvalue weighted by atomic mass is 10.1. The van der Waals surface area contributed by atoms with Crippen LogP contribution in [-0.2, 0) is 4.79 Å². The van der Waals surface area contributed by atoms with Crippen molar-refractivity contribution in [1.29, 1.82) is 0 Å². The number of phenolic OH excluding ortho intramolecular Hbond substituents is 1. The van der Waals surface area contributed by atoms with Gasteiger partial charge in [0.25, 0.3) is 0 Å². The summed E-state index contributed by atoms with van der Waals surface area (Å²) in [6.07, 6.45) is 0.797. The van der Waals surface area contributed by atoms with Crippen molar-refractivity contribution in [2.75, 3.05) is 45.4 Å². The molecule has 7 nitrogen and oxygen atoms in total. The molecule has 0 atom stereocenters. The van der Waals surface area contributed by atoms with E-state index in [1.165, 1.54) is 0 Å². The Morgan fingerprint density at radius 3 is 1.59 bits per heavy atom. The highest BCUT2D eigenvalue weighted by Crippen LogP contribution is 2.38. The van der Waals surface area contributed by atoms with Crippen molar-refractivity contribution in [1.82, 2.24) is 0 Å². The zero-order valence-corrected chi connectivity index (χ0v) is 22.9. The first-order valence-electron chi connectivity index (χ1n) is 13.1. The Bertz CT molecular complexity index is 1140. The van der Waals surface area contributed by atoms with Gasteiger partial charge in [0.15, 0.2) is 0 Å². The molecule has 3 rings (SSSR count). The van der Waals surface area contributed by atoms with E-state index in [0.29, 0.717) is 23.5 Å². The van der Waals surface area contributed by atoms with E-state index in [0.717, 1.165) is 47.8 Å². The van der Waals surface area contributed by atoms with Crippen molar-refractivity contribution < 1.29 is 9.90 Å². The normalized spacial score (nSPS) is 10.9. The summed E-state index contributed by atoms with van der Waals surface area (Å²) in [5.74, 6) is 0.0891. The zero-order valence-electron chi connectivity index (χ0n) is 22.9. The van der Waals surface area contributed by atoms with Crippen molar-refractivity contribution in [3.63, 3.8) is 0 Å². The van der Waals surface area contributed by atoms with Crippen LogP contribution >= 0.6 is 0 Å². The molecule has 7 heteroatoms. The first-order valence-corrected chi connectivity index (χ1v) is 13.1. The van der Waals surface area contributed by atoms with Gasteiger partial charge in [0, 0.05) is 54.0 Å². The molecule has 0 aliphatic carbocycles. The van der Waals surface area contributed by atoms with E-state index in [2.05, 4.69) is 91.6 Å². The molecule has 3 aromatic carbocycles. The molecule has 0 aliphatic rings. The van der Waals surface area contributed by atoms with Crippen LogP contribution in [0.5, 0.6) is 5.75 Å². The molecule has 0 fully saturated rings. The lowest BCUT2D eigenvalue weighted by Crippen LogP contribution is -2.30. The molecule has 0 spiro atoms. The largest absolute Gasteiger partial charge is 0.506 e. The van der Waals surface area contributed by atoms with Crippen LogP contribution in [0.1, 0.15) is 41.5 Å². The van der Waals surface area contributed by atoms with Crippen LogP contribution in [0.25, 0.3) is 0 Å². The Balaban J connectivity index is 1.86. The summed E-state index contributed by atoms with van der Waals surface area (Å²) in [4.78, 5) is 15.7. The minimum Gasteiger partial charge on any atom is -0.506 e. The molecule has 4 N–H and O–H groups in total. The van der Waals surface area contributed by atoms with Gasteiger partial charge < -0.3 is 35.7 Å². The predicted molar refractivity (Wildman–Crippen MR) is 158 cm³/mol. The molecule has 0 aliphatic heterocycles. The number of aldehydes is 1. The summed E-state index contributed by atoms with van der Waals surface area (Å²) in [5.41, 5.74) is 6.06. The SMILES string of the molecule is CCN(c1ccc(Nc2cc(Nc3ccc(N(CC)C(C)C)cc3)c(NCC=O)cc2O)cc1)C(C)C. The Kier molecular flexibility index (Phi) is 9.66. The Labute approximate surface area is 221 Å². The Morgan fingerprint density at radius 2 is 1.19 bits per heavy atom. The lowest BCUT2D eigenvalue weighted by Gasteiger charge is -2.27. The number of hydrogen-bond acceptors (Lipinski definition) is 7. The lowest BCUT2D eigenvalue weighted by molar-refractivity contribution is -0.106. The second kappa shape index (κ2) is 12.9. The van der Waals surface area contributed by atoms with Crippen LogP contribution in [0.2, 0.25) is 0 Å². The maximum absolute atomic E-state index is 11.0. The van der Waals surface area contributed by atoms with Gasteiger partial charge in [-0.2, -0.15) is 0 Å². The Morgan fingerprint density at radius 1 is 0.730 bits per heavy atom. The highest BCUT2D eigenvalue weighted by atomic mass is 16.3. The minimum atomic E-state index is 0.0891. The number of aromatic hydroxyl groups is 1. The average Bonchev–Trinajstić information content (AvgIpc) is 2.87. The van der Waals surface area contributed by atoms with Gasteiger partial charge >= 0.3 is 0 Å². The summed E-state index contributed by atoms with van der Waals surface area (Å²) >= 11 is 0. The van der Waals surface area contributed by atoms with Gasteiger partial charge in [-0.25, -0.2) is 0 Å². The van der Waals surface area contributed by atoms with E-state index in [1.807, 2.05) is 30.3 Å². The number of nitrogens with one attached hydrogen (secondary N) is 3. The molecule has 0 radical (unpaired) electrons. The first kappa shape index (κ1) is 27.7. The molecule has 0 unspecified atom stereocenters. The van der Waals surface area contributed by atoms with Crippen LogP contribution in [-0.4, -0.2) is 43.1 Å². The quantitative estimate of drug-likeness (QED) is 0.114. The van der Waals surface area contributed by atoms with Crippen molar-refractivity contribution in [2.24, 2.45) is 0 Å². The third-order valence-corrected chi connectivity index (χ3v) is 6.40. The van der Waals surface area contributed by atoms with Gasteiger partial charge in [-0.05, 0) is 96.1 Å². The molecule has 37 heavy (non-hydrogen) atoms. The fourth-order valence-corrected chi connectivity index (χ4v) is 4.56. The highest BCUT2D eigenvalue weighted by molar-refractivity contribution is 5.84. The van der Waals surface area contributed by atoms with Gasteiger partial charge in [-0.1, -0.05) is 0 Å². The van der Waals surface area contributed by atoms with E-state index >= 15 is 0 Å². The summed E-state index contributed by atoms with van der Waals surface area (Å²) in [6.45, 7) is 15.0. The standard InChI is InChI=1S/C30H41N5O2/c1-7-34(21(3)4)25-13-9-23(10-14-25)32-28-19-29(30(37)20-27(28)31-17-18-36)33-24-11-15-26(16-12-24)35(8-2)22(5)6/h9-16,18-22,31-33,37H,7-8,17H2,1-6H3. The third-order valence-electron chi connectivity index (χ3n) is 6.40. The number of rotatable bonds is 13. The number of hydrogen-bond donors (Lipinski definition) is 4. The van der Waals surface area contributed by atoms with Crippen LogP contribution in [0.3, 0.4) is 0 Å². The van der Waals surface area contributed by atoms with Gasteiger partial charge in [0.2, 0.25) is 0 Å². The van der Waals surface area contributed by atoms with E-state index in [4.69, 9.17) is 0 Å². The number of benzene rings is 3. The maximum Gasteiger partial charge on any atom is 0.141 e. The van der Waals surface area contributed by atoms with E-state index in [9.17, 15) is 9.90 Å². The fraction of sp³-hybridized carbons (Fsp3) is 0.367. The average molecular weight is 504 g/mol. The topological polar surface area (TPSA) is 79.9 Å². The second-order valence-corrected chi connectivity index (χ2v) is 9.57. The second-order valence-electron chi connectivity index (χ2n) is 9.57. The number of carbonyl (C=O) groups excluding carboxylic acids is 1. The minimum absolute atomic E-state index is 0.0891. The molecule has 0 saturated heterocycles. The van der Waals surface area contributed by atoms with Gasteiger partial charge in [0.05, 0.1) is 23.6 Å². The molecule has 0 amide bonds. The van der Waals surface area contributed by atoms with Gasteiger partial charge in [-0.3, -0.25) is 0 Å². The first-order chi connectivity index (χ1) is 17.8. The third kappa shape index (κ3) is 7.09. The highest BCUT2D eigenvalue weighted by Gasteiger charge is 2.13. The van der Waals surface area contributed by atoms with E-state index in [1.54, 1.807) is 6.07 Å². The van der Waals surface area contributed by atoms with E-state index in [-0.39, 0.29) is 12.3 Å². The van der Waals surface area contributed by atoms with Crippen molar-refractivity contribution in [3.05, 3.63) is 60.7 Å². The summed E-state index contributed by atoms with van der Waals surface area (Å²) in [7, 11) is 0. The molecule has 0 saturated carbocycles. The van der Waals surface area contributed by atoms with Crippen LogP contribution in [0, 0.1) is 0 Å². The monoisotopic (exact) mass is 503 g/mol. The van der Waals surface area contributed by atoms with Crippen LogP contribution in [0.15, 0.2) is 60.7 Å². The molecule has 0 aromatic heterocycles. The van der Waals surface area contributed by atoms with Crippen molar-refractivity contribution in [2.45, 2.75) is 53.6 Å². The molecule has 3 aromatic rings. The molecule has 198 valence electrons. The summed E-state index contributed by atoms with van der Waals surface area (Å²) < 4.78 is 0. The number of phenols is 1. The molecule has 0 heterocycles. The van der Waals surface area contributed by atoms with Crippen molar-refractivity contribution in [3.8, 4) is 5.75 Å². The number of anilines is 7. The van der Waals surface area contributed by atoms with E-state index < -0.39 is 0 Å². The molecule has 0 bridgehead atoms. The maximum atomic E-state index is 11.0. The zero-order chi connectivity index (χ0) is 26.9. The predicted octanol–water partition coefficient (Wildman–Crippen LogP) is 6.96. The summed E-state index contributed by atoms with van der Waals surface area (Å²) in [6, 6.07) is 20.8. The van der Waals surface area contributed by atoms with Gasteiger partial charge in [-0.15, -0.1) is 0 Å². The molecular weight excluding hydrogens is 462 g/mol. The summed E-state index contributed by atoms with van der Waals surface area (Å²) in [5, 5.41) is 20.6. The number of nitrogens with zero attached hydrogens (tertiary/aromatic N) is 2. The number of carbonyl (C=O) groups is 1. The Hall–Kier alpha value is -3.87.